The highest BCUT2D eigenvalue weighted by molar-refractivity contribution is 5.11. The molecule has 1 aromatic rings. The molecule has 1 aromatic heterocycles. The highest BCUT2D eigenvalue weighted by Gasteiger charge is 2.07. The molecule has 0 fully saturated rings. The standard InChI is InChI=1S/C15H26N2/c1-3-5-6-7-8-15(17-4-2)13-14-9-11-16-12-10-14/h9-12,15,17H,3-8,13H2,1-2H3. The summed E-state index contributed by atoms with van der Waals surface area (Å²) in [5.41, 5.74) is 1.39. The Kier molecular flexibility index (Phi) is 7.65. The first-order chi connectivity index (χ1) is 8.36. The predicted molar refractivity (Wildman–Crippen MR) is 74.2 cm³/mol. The van der Waals surface area contributed by atoms with Gasteiger partial charge in [-0.25, -0.2) is 0 Å². The second kappa shape index (κ2) is 9.17. The molecule has 1 atom stereocenters. The van der Waals surface area contributed by atoms with Crippen molar-refractivity contribution >= 4 is 0 Å². The van der Waals surface area contributed by atoms with Crippen LogP contribution in [0.1, 0.15) is 51.5 Å². The minimum absolute atomic E-state index is 0.624. The van der Waals surface area contributed by atoms with Gasteiger partial charge in [-0.15, -0.1) is 0 Å². The molecule has 1 unspecified atom stereocenters. The monoisotopic (exact) mass is 234 g/mol. The Bertz CT molecular complexity index is 272. The van der Waals surface area contributed by atoms with E-state index < -0.39 is 0 Å². The van der Waals surface area contributed by atoms with Crippen LogP contribution in [0, 0.1) is 0 Å². The molecule has 2 nitrogen and oxygen atoms in total. The summed E-state index contributed by atoms with van der Waals surface area (Å²) in [4.78, 5) is 4.06. The summed E-state index contributed by atoms with van der Waals surface area (Å²) in [6.07, 6.45) is 11.6. The van der Waals surface area contributed by atoms with Crippen molar-refractivity contribution in [2.24, 2.45) is 0 Å². The van der Waals surface area contributed by atoms with Crippen molar-refractivity contribution in [3.05, 3.63) is 30.1 Å². The molecular weight excluding hydrogens is 208 g/mol. The van der Waals surface area contributed by atoms with Gasteiger partial charge in [-0.1, -0.05) is 39.5 Å². The Labute approximate surface area is 106 Å². The number of hydrogen-bond donors (Lipinski definition) is 1. The molecule has 0 aliphatic rings. The quantitative estimate of drug-likeness (QED) is 0.661. The lowest BCUT2D eigenvalue weighted by Gasteiger charge is -2.17. The Hall–Kier alpha value is -0.890. The number of pyridine rings is 1. The van der Waals surface area contributed by atoms with E-state index in [1.807, 2.05) is 12.4 Å². The maximum atomic E-state index is 4.06. The van der Waals surface area contributed by atoms with Crippen LogP contribution in [0.5, 0.6) is 0 Å². The van der Waals surface area contributed by atoms with Gasteiger partial charge >= 0.3 is 0 Å². The summed E-state index contributed by atoms with van der Waals surface area (Å²) in [5, 5.41) is 3.59. The van der Waals surface area contributed by atoms with Crippen molar-refractivity contribution < 1.29 is 0 Å². The molecule has 0 aliphatic carbocycles. The van der Waals surface area contributed by atoms with Gasteiger partial charge in [-0.05, 0) is 37.1 Å². The average molecular weight is 234 g/mol. The molecule has 0 radical (unpaired) electrons. The number of nitrogens with one attached hydrogen (secondary N) is 1. The molecule has 0 amide bonds. The van der Waals surface area contributed by atoms with Crippen LogP contribution in [-0.4, -0.2) is 17.6 Å². The first-order valence-electron chi connectivity index (χ1n) is 6.99. The lowest BCUT2D eigenvalue weighted by atomic mass is 10.0. The van der Waals surface area contributed by atoms with E-state index in [4.69, 9.17) is 0 Å². The van der Waals surface area contributed by atoms with E-state index in [-0.39, 0.29) is 0 Å². The Morgan fingerprint density at radius 2 is 1.88 bits per heavy atom. The minimum Gasteiger partial charge on any atom is -0.314 e. The normalized spacial score (nSPS) is 12.6. The number of rotatable bonds is 9. The van der Waals surface area contributed by atoms with E-state index in [1.54, 1.807) is 0 Å². The van der Waals surface area contributed by atoms with Crippen molar-refractivity contribution in [3.63, 3.8) is 0 Å². The molecule has 0 saturated carbocycles. The van der Waals surface area contributed by atoms with Crippen LogP contribution in [-0.2, 0) is 6.42 Å². The second-order valence-electron chi connectivity index (χ2n) is 4.66. The zero-order valence-electron chi connectivity index (χ0n) is 11.3. The highest BCUT2D eigenvalue weighted by atomic mass is 14.9. The summed E-state index contributed by atoms with van der Waals surface area (Å²) in [5.74, 6) is 0. The summed E-state index contributed by atoms with van der Waals surface area (Å²) in [6, 6.07) is 4.87. The van der Waals surface area contributed by atoms with Crippen molar-refractivity contribution in [2.75, 3.05) is 6.54 Å². The maximum Gasteiger partial charge on any atom is 0.0270 e. The molecule has 0 aliphatic heterocycles. The summed E-state index contributed by atoms with van der Waals surface area (Å²) in [7, 11) is 0. The minimum atomic E-state index is 0.624. The summed E-state index contributed by atoms with van der Waals surface area (Å²) in [6.45, 7) is 5.51. The van der Waals surface area contributed by atoms with E-state index >= 15 is 0 Å². The van der Waals surface area contributed by atoms with Gasteiger partial charge in [0.25, 0.3) is 0 Å². The van der Waals surface area contributed by atoms with E-state index in [2.05, 4.69) is 36.3 Å². The molecular formula is C15H26N2. The molecule has 96 valence electrons. The third-order valence-electron chi connectivity index (χ3n) is 3.13. The van der Waals surface area contributed by atoms with Gasteiger partial charge < -0.3 is 5.32 Å². The Balaban J connectivity index is 2.32. The van der Waals surface area contributed by atoms with Gasteiger partial charge in [-0.2, -0.15) is 0 Å². The zero-order valence-corrected chi connectivity index (χ0v) is 11.3. The lowest BCUT2D eigenvalue weighted by Crippen LogP contribution is -2.30. The van der Waals surface area contributed by atoms with E-state index in [0.717, 1.165) is 13.0 Å². The zero-order chi connectivity index (χ0) is 12.3. The predicted octanol–water partition coefficient (Wildman–Crippen LogP) is 3.57. The third-order valence-corrected chi connectivity index (χ3v) is 3.13. The van der Waals surface area contributed by atoms with Crippen molar-refractivity contribution in [1.29, 1.82) is 0 Å². The molecule has 1 rings (SSSR count). The first kappa shape index (κ1) is 14.2. The fourth-order valence-corrected chi connectivity index (χ4v) is 2.19. The van der Waals surface area contributed by atoms with Crippen molar-refractivity contribution in [3.8, 4) is 0 Å². The Morgan fingerprint density at radius 3 is 2.53 bits per heavy atom. The number of aromatic nitrogens is 1. The molecule has 17 heavy (non-hydrogen) atoms. The summed E-state index contributed by atoms with van der Waals surface area (Å²) >= 11 is 0. The molecule has 0 bridgehead atoms. The first-order valence-corrected chi connectivity index (χ1v) is 6.99. The summed E-state index contributed by atoms with van der Waals surface area (Å²) < 4.78 is 0. The molecule has 0 saturated heterocycles. The smallest absolute Gasteiger partial charge is 0.0270 e. The third kappa shape index (κ3) is 6.42. The van der Waals surface area contributed by atoms with Crippen LogP contribution >= 0.6 is 0 Å². The van der Waals surface area contributed by atoms with Crippen LogP contribution in [0.25, 0.3) is 0 Å². The van der Waals surface area contributed by atoms with E-state index in [1.165, 1.54) is 37.7 Å². The fourth-order valence-electron chi connectivity index (χ4n) is 2.19. The molecule has 1 heterocycles. The van der Waals surface area contributed by atoms with Gasteiger partial charge in [-0.3, -0.25) is 4.98 Å². The largest absolute Gasteiger partial charge is 0.314 e. The van der Waals surface area contributed by atoms with Gasteiger partial charge in [0.2, 0.25) is 0 Å². The van der Waals surface area contributed by atoms with Gasteiger partial charge in [0.05, 0.1) is 0 Å². The number of unbranched alkanes of at least 4 members (excludes halogenated alkanes) is 3. The molecule has 0 aromatic carbocycles. The average Bonchev–Trinajstić information content (AvgIpc) is 2.36. The van der Waals surface area contributed by atoms with Gasteiger partial charge in [0.15, 0.2) is 0 Å². The number of nitrogens with zero attached hydrogens (tertiary/aromatic N) is 1. The highest BCUT2D eigenvalue weighted by Crippen LogP contribution is 2.10. The van der Waals surface area contributed by atoms with Crippen molar-refractivity contribution in [1.82, 2.24) is 10.3 Å². The number of hydrogen-bond acceptors (Lipinski definition) is 2. The molecule has 0 spiro atoms. The number of likely N-dealkylation sites (N-methyl/N-ethyl adjacent to an activating group) is 1. The van der Waals surface area contributed by atoms with Crippen LogP contribution in [0.3, 0.4) is 0 Å². The van der Waals surface area contributed by atoms with Gasteiger partial charge in [0, 0.05) is 18.4 Å². The fraction of sp³-hybridized carbons (Fsp3) is 0.667. The second-order valence-corrected chi connectivity index (χ2v) is 4.66. The molecule has 2 heteroatoms. The van der Waals surface area contributed by atoms with Crippen LogP contribution < -0.4 is 5.32 Å². The topological polar surface area (TPSA) is 24.9 Å². The van der Waals surface area contributed by atoms with Crippen LogP contribution in [0.2, 0.25) is 0 Å². The van der Waals surface area contributed by atoms with Crippen LogP contribution in [0.15, 0.2) is 24.5 Å². The van der Waals surface area contributed by atoms with E-state index in [0.29, 0.717) is 6.04 Å². The molecule has 1 N–H and O–H groups in total. The lowest BCUT2D eigenvalue weighted by molar-refractivity contribution is 0.463. The SMILES string of the molecule is CCCCCCC(Cc1ccncc1)NCC. The van der Waals surface area contributed by atoms with Gasteiger partial charge in [0.1, 0.15) is 0 Å². The maximum absolute atomic E-state index is 4.06. The Morgan fingerprint density at radius 1 is 1.12 bits per heavy atom. The van der Waals surface area contributed by atoms with Crippen LogP contribution in [0.4, 0.5) is 0 Å². The van der Waals surface area contributed by atoms with Crippen molar-refractivity contribution in [2.45, 2.75) is 58.4 Å². The van der Waals surface area contributed by atoms with E-state index in [9.17, 15) is 0 Å².